The number of rotatable bonds is 6. The minimum atomic E-state index is -0.312. The van der Waals surface area contributed by atoms with E-state index in [2.05, 4.69) is 9.89 Å². The summed E-state index contributed by atoms with van der Waals surface area (Å²) in [5.41, 5.74) is 7.23. The Hall–Kier alpha value is -2.08. The first-order valence-corrected chi connectivity index (χ1v) is 8.07. The van der Waals surface area contributed by atoms with Gasteiger partial charge in [-0.05, 0) is 37.4 Å². The number of methoxy groups -OCH3 is 1. The zero-order chi connectivity index (χ0) is 16.2. The summed E-state index contributed by atoms with van der Waals surface area (Å²) in [5, 5.41) is 0. The van der Waals surface area contributed by atoms with Gasteiger partial charge in [0.15, 0.2) is 11.5 Å². The van der Waals surface area contributed by atoms with Crippen molar-refractivity contribution < 1.29 is 14.3 Å². The number of nitrogens with two attached hydrogens (primary N) is 1. The molecule has 3 rings (SSSR count). The van der Waals surface area contributed by atoms with E-state index in [1.54, 1.807) is 7.11 Å². The van der Waals surface area contributed by atoms with Crippen molar-refractivity contribution in [2.24, 2.45) is 10.7 Å². The van der Waals surface area contributed by atoms with Crippen LogP contribution in [0.4, 0.5) is 5.69 Å². The fourth-order valence-electron chi connectivity index (χ4n) is 3.14. The van der Waals surface area contributed by atoms with Crippen molar-refractivity contribution >= 4 is 17.8 Å². The van der Waals surface area contributed by atoms with E-state index in [4.69, 9.17) is 15.2 Å². The third kappa shape index (κ3) is 3.64. The van der Waals surface area contributed by atoms with Crippen LogP contribution in [0.15, 0.2) is 17.1 Å². The molecule has 0 radical (unpaired) electrons. The molecule has 1 aromatic carbocycles. The Balaban J connectivity index is 1.76. The molecule has 1 saturated heterocycles. The van der Waals surface area contributed by atoms with Gasteiger partial charge in [-0.2, -0.15) is 0 Å². The fraction of sp³-hybridized carbons (Fsp3) is 0.529. The van der Waals surface area contributed by atoms with Crippen molar-refractivity contribution in [3.05, 3.63) is 17.7 Å². The number of aliphatic imine (C=N–C) groups is 1. The van der Waals surface area contributed by atoms with Crippen LogP contribution in [0.2, 0.25) is 0 Å². The Morgan fingerprint density at radius 1 is 1.43 bits per heavy atom. The van der Waals surface area contributed by atoms with Crippen LogP contribution < -0.4 is 15.2 Å². The molecule has 1 atom stereocenters. The lowest BCUT2D eigenvalue weighted by Gasteiger charge is -2.20. The highest BCUT2D eigenvalue weighted by Crippen LogP contribution is 2.38. The van der Waals surface area contributed by atoms with Crippen LogP contribution in [-0.2, 0) is 11.3 Å². The number of ether oxygens (including phenoxy) is 2. The van der Waals surface area contributed by atoms with E-state index in [9.17, 15) is 4.79 Å². The summed E-state index contributed by atoms with van der Waals surface area (Å²) in [7, 11) is 1.64. The van der Waals surface area contributed by atoms with E-state index in [0.717, 1.165) is 24.3 Å². The largest absolute Gasteiger partial charge is 0.493 e. The lowest BCUT2D eigenvalue weighted by molar-refractivity contribution is -0.118. The van der Waals surface area contributed by atoms with E-state index >= 15 is 0 Å². The number of fused-ring (bicyclic) bond motifs is 2. The topological polar surface area (TPSA) is 77.1 Å². The standard InChI is InChI=1S/C17H23N3O3/c1-22-15-8-12-11-20-6-2-4-13(20)10-19-14(12)9-16(15)23-7-3-5-17(18)21/h8-10,13H,2-7,11H2,1H3,(H2,18,21). The van der Waals surface area contributed by atoms with Gasteiger partial charge in [-0.1, -0.05) is 0 Å². The van der Waals surface area contributed by atoms with Crippen LogP contribution >= 0.6 is 0 Å². The average molecular weight is 317 g/mol. The van der Waals surface area contributed by atoms with Crippen molar-refractivity contribution in [2.75, 3.05) is 20.3 Å². The third-order valence-electron chi connectivity index (χ3n) is 4.36. The van der Waals surface area contributed by atoms with Gasteiger partial charge in [0.05, 0.1) is 19.4 Å². The highest BCUT2D eigenvalue weighted by atomic mass is 16.5. The number of hydrogen-bond acceptors (Lipinski definition) is 5. The number of primary amides is 1. The van der Waals surface area contributed by atoms with Crippen molar-refractivity contribution in [3.63, 3.8) is 0 Å². The Labute approximate surface area is 136 Å². The van der Waals surface area contributed by atoms with E-state index < -0.39 is 0 Å². The Morgan fingerprint density at radius 2 is 2.30 bits per heavy atom. The number of benzene rings is 1. The van der Waals surface area contributed by atoms with Gasteiger partial charge in [0, 0.05) is 31.3 Å². The number of carbonyl (C=O) groups excluding carboxylic acids is 1. The molecule has 2 heterocycles. The van der Waals surface area contributed by atoms with E-state index in [1.165, 1.54) is 12.8 Å². The summed E-state index contributed by atoms with van der Waals surface area (Å²) in [6, 6.07) is 4.38. The van der Waals surface area contributed by atoms with Gasteiger partial charge >= 0.3 is 0 Å². The molecule has 23 heavy (non-hydrogen) atoms. The van der Waals surface area contributed by atoms with Gasteiger partial charge in [-0.15, -0.1) is 0 Å². The highest BCUT2D eigenvalue weighted by Gasteiger charge is 2.26. The van der Waals surface area contributed by atoms with Crippen molar-refractivity contribution in [1.82, 2.24) is 4.90 Å². The van der Waals surface area contributed by atoms with Crippen LogP contribution in [0.3, 0.4) is 0 Å². The van der Waals surface area contributed by atoms with Gasteiger partial charge in [-0.3, -0.25) is 14.7 Å². The molecule has 124 valence electrons. The maximum absolute atomic E-state index is 10.8. The second-order valence-corrected chi connectivity index (χ2v) is 6.01. The van der Waals surface area contributed by atoms with Crippen LogP contribution in [0, 0.1) is 0 Å². The predicted molar refractivity (Wildman–Crippen MR) is 88.5 cm³/mol. The molecule has 0 aliphatic carbocycles. The van der Waals surface area contributed by atoms with Gasteiger partial charge in [0.1, 0.15) is 0 Å². The molecule has 1 aromatic rings. The lowest BCUT2D eigenvalue weighted by Crippen LogP contribution is -2.28. The molecule has 1 fully saturated rings. The summed E-state index contributed by atoms with van der Waals surface area (Å²) in [4.78, 5) is 17.9. The number of hydrogen-bond donors (Lipinski definition) is 1. The summed E-state index contributed by atoms with van der Waals surface area (Å²) in [5.74, 6) is 1.05. The van der Waals surface area contributed by atoms with Crippen molar-refractivity contribution in [2.45, 2.75) is 38.3 Å². The molecule has 2 aliphatic heterocycles. The summed E-state index contributed by atoms with van der Waals surface area (Å²) < 4.78 is 11.2. The van der Waals surface area contributed by atoms with Crippen LogP contribution in [-0.4, -0.2) is 43.3 Å². The number of nitrogens with zero attached hydrogens (tertiary/aromatic N) is 2. The smallest absolute Gasteiger partial charge is 0.217 e. The van der Waals surface area contributed by atoms with Gasteiger partial charge in [0.25, 0.3) is 0 Å². The molecule has 0 bridgehead atoms. The number of carbonyl (C=O) groups is 1. The molecule has 1 unspecified atom stereocenters. The first kappa shape index (κ1) is 15.8. The summed E-state index contributed by atoms with van der Waals surface area (Å²) >= 11 is 0. The molecular weight excluding hydrogens is 294 g/mol. The van der Waals surface area contributed by atoms with Crippen LogP contribution in [0.25, 0.3) is 0 Å². The average Bonchev–Trinajstić information content (AvgIpc) is 2.90. The van der Waals surface area contributed by atoms with Gasteiger partial charge in [0.2, 0.25) is 5.91 Å². The Bertz CT molecular complexity index is 615. The maximum Gasteiger partial charge on any atom is 0.217 e. The van der Waals surface area contributed by atoms with Crippen LogP contribution in [0.5, 0.6) is 11.5 Å². The molecular formula is C17H23N3O3. The first-order valence-electron chi connectivity index (χ1n) is 8.07. The van der Waals surface area contributed by atoms with Crippen molar-refractivity contribution in [1.29, 1.82) is 0 Å². The first-order chi connectivity index (χ1) is 11.2. The molecule has 1 amide bonds. The Morgan fingerprint density at radius 3 is 3.09 bits per heavy atom. The highest BCUT2D eigenvalue weighted by molar-refractivity contribution is 5.74. The van der Waals surface area contributed by atoms with Gasteiger partial charge in [-0.25, -0.2) is 0 Å². The van der Waals surface area contributed by atoms with E-state index in [-0.39, 0.29) is 5.91 Å². The predicted octanol–water partition coefficient (Wildman–Crippen LogP) is 2.02. The second-order valence-electron chi connectivity index (χ2n) is 6.01. The molecule has 0 spiro atoms. The van der Waals surface area contributed by atoms with E-state index in [0.29, 0.717) is 37.0 Å². The fourth-order valence-corrected chi connectivity index (χ4v) is 3.14. The quantitative estimate of drug-likeness (QED) is 0.814. The third-order valence-corrected chi connectivity index (χ3v) is 4.36. The monoisotopic (exact) mass is 317 g/mol. The van der Waals surface area contributed by atoms with Crippen LogP contribution in [0.1, 0.15) is 31.2 Å². The maximum atomic E-state index is 10.8. The van der Waals surface area contributed by atoms with Gasteiger partial charge < -0.3 is 15.2 Å². The lowest BCUT2D eigenvalue weighted by atomic mass is 10.1. The Kier molecular flexibility index (Phi) is 4.81. The molecule has 0 saturated carbocycles. The molecule has 2 aliphatic rings. The normalized spacial score (nSPS) is 19.8. The molecule has 6 nitrogen and oxygen atoms in total. The molecule has 0 aromatic heterocycles. The minimum absolute atomic E-state index is 0.312. The molecule has 2 N–H and O–H groups in total. The summed E-state index contributed by atoms with van der Waals surface area (Å²) in [6.45, 7) is 2.43. The second kappa shape index (κ2) is 7.00. The van der Waals surface area contributed by atoms with E-state index in [1.807, 2.05) is 18.3 Å². The zero-order valence-electron chi connectivity index (χ0n) is 13.5. The zero-order valence-corrected chi connectivity index (χ0v) is 13.5. The SMILES string of the molecule is COc1cc2c(cc1OCCCC(N)=O)N=CC1CCCN1C2. The van der Waals surface area contributed by atoms with Crippen molar-refractivity contribution in [3.8, 4) is 11.5 Å². The minimum Gasteiger partial charge on any atom is -0.493 e. The molecule has 6 heteroatoms. The number of amides is 1. The summed E-state index contributed by atoms with van der Waals surface area (Å²) in [6.07, 6.45) is 5.36.